The first kappa shape index (κ1) is 8.87. The van der Waals surface area contributed by atoms with Crippen LogP contribution in [0.15, 0.2) is 0 Å². The number of aliphatic hydroxyl groups excluding tert-OH is 2. The number of rotatable bonds is 1. The molecule has 30 valence electrons. The highest BCUT2D eigenvalue weighted by atomic mass is 16.3. The molecule has 0 fully saturated rings. The quantitative estimate of drug-likeness (QED) is 0.421. The molecule has 0 aliphatic carbocycles. The molecule has 5 heavy (non-hydrogen) atoms. The first-order valence-corrected chi connectivity index (χ1v) is 1.13. The van der Waals surface area contributed by atoms with Gasteiger partial charge in [-0.25, -0.2) is 0 Å². The molecule has 0 saturated carbocycles. The summed E-state index contributed by atoms with van der Waals surface area (Å²) in [5, 5.41) is 15.2. The minimum Gasteiger partial charge on any atom is -0.394 e. The third-order valence-corrected chi connectivity index (χ3v) is 0.1000. The maximum Gasteiger partial charge on any atom is 0.0662 e. The predicted molar refractivity (Wildman–Crippen MR) is 17.4 cm³/mol. The Morgan fingerprint density at radius 3 is 1.20 bits per heavy atom. The van der Waals surface area contributed by atoms with Crippen LogP contribution in [0.4, 0.5) is 0 Å². The fraction of sp³-hybridized carbons (Fsp3) is 0.667. The Morgan fingerprint density at radius 1 is 1.00 bits per heavy atom. The molecule has 0 heterocycles. The molecule has 0 saturated heterocycles. The normalized spacial score (nSPS) is 6.00. The summed E-state index contributed by atoms with van der Waals surface area (Å²) in [7, 11) is 0. The minimum absolute atomic E-state index is 0. The van der Waals surface area contributed by atoms with Crippen LogP contribution in [-0.4, -0.2) is 23.4 Å². The van der Waals surface area contributed by atoms with E-state index in [-0.39, 0.29) is 20.6 Å². The Labute approximate surface area is 32.1 Å². The van der Waals surface area contributed by atoms with Crippen LogP contribution in [0.5, 0.6) is 0 Å². The van der Waals surface area contributed by atoms with E-state index in [2.05, 4.69) is 0 Å². The van der Waals surface area contributed by atoms with E-state index in [9.17, 15) is 0 Å². The molecule has 0 spiro atoms. The predicted octanol–water partition coefficient (Wildman–Crippen LogP) is -0.948. The van der Waals surface area contributed by atoms with Gasteiger partial charge in [0, 0.05) is 7.43 Å². The summed E-state index contributed by atoms with van der Waals surface area (Å²) in [5.41, 5.74) is 0. The topological polar surface area (TPSA) is 40.5 Å². The molecular weight excluding hydrogens is 68.0 g/mol. The molecule has 2 heteroatoms. The lowest BCUT2D eigenvalue weighted by Crippen LogP contribution is -1.85. The monoisotopic (exact) mass is 74.0 g/mol. The molecule has 0 aromatic heterocycles. The lowest BCUT2D eigenvalue weighted by Gasteiger charge is -1.70. The van der Waals surface area contributed by atoms with Crippen molar-refractivity contribution in [3.8, 4) is 0 Å². The molecule has 0 bridgehead atoms. The highest BCUT2D eigenvalue weighted by Gasteiger charge is 1.58. The molecule has 0 aliphatic heterocycles. The van der Waals surface area contributed by atoms with Gasteiger partial charge in [-0.05, 0) is 0 Å². The Balaban J connectivity index is 0. The molecule has 0 amide bonds. The van der Waals surface area contributed by atoms with Crippen molar-refractivity contribution in [2.45, 2.75) is 0 Å². The Morgan fingerprint density at radius 2 is 1.20 bits per heavy atom. The minimum atomic E-state index is -0.125. The molecule has 2 N–H and O–H groups in total. The lowest BCUT2D eigenvalue weighted by atomic mass is 10.8. The Kier molecular flexibility index (Phi) is 16.1. The third-order valence-electron chi connectivity index (χ3n) is 0.1000. The van der Waals surface area contributed by atoms with Crippen molar-refractivity contribution in [1.29, 1.82) is 0 Å². The van der Waals surface area contributed by atoms with Crippen LogP contribution in [0.3, 0.4) is 0 Å². The van der Waals surface area contributed by atoms with Gasteiger partial charge in [0.15, 0.2) is 0 Å². The molecule has 0 atom stereocenters. The zero-order valence-electron chi connectivity index (χ0n) is 2.81. The molecule has 2 nitrogen and oxygen atoms in total. The fourth-order valence-corrected chi connectivity index (χ4v) is 0. The summed E-state index contributed by atoms with van der Waals surface area (Å²) in [4.78, 5) is 0. The smallest absolute Gasteiger partial charge is 0.0662 e. The SMILES string of the molecule is OCCO.[C]. The van der Waals surface area contributed by atoms with Gasteiger partial charge in [0.2, 0.25) is 0 Å². The van der Waals surface area contributed by atoms with Crippen molar-refractivity contribution in [2.24, 2.45) is 0 Å². The maximum absolute atomic E-state index is 7.62. The van der Waals surface area contributed by atoms with Gasteiger partial charge in [0.05, 0.1) is 13.2 Å². The second-order valence-corrected chi connectivity index (χ2v) is 0.447. The van der Waals surface area contributed by atoms with E-state index >= 15 is 0 Å². The summed E-state index contributed by atoms with van der Waals surface area (Å²) < 4.78 is 0. The molecule has 0 aliphatic rings. The van der Waals surface area contributed by atoms with Crippen LogP contribution < -0.4 is 0 Å². The van der Waals surface area contributed by atoms with E-state index < -0.39 is 0 Å². The van der Waals surface area contributed by atoms with Crippen LogP contribution in [0.1, 0.15) is 0 Å². The molecule has 0 aromatic rings. The first-order chi connectivity index (χ1) is 1.91. The Hall–Kier alpha value is -0.0800. The number of aliphatic hydroxyl groups is 2. The summed E-state index contributed by atoms with van der Waals surface area (Å²) in [5.74, 6) is 0. The van der Waals surface area contributed by atoms with Gasteiger partial charge in [0.1, 0.15) is 0 Å². The molecule has 0 aromatic carbocycles. The van der Waals surface area contributed by atoms with Crippen molar-refractivity contribution >= 4 is 0 Å². The van der Waals surface area contributed by atoms with Crippen molar-refractivity contribution in [1.82, 2.24) is 0 Å². The highest BCUT2D eigenvalue weighted by molar-refractivity contribution is 4.06. The zero-order valence-corrected chi connectivity index (χ0v) is 2.81. The standard InChI is InChI=1S/C2H6O2.C/c3-1-2-4;/h3-4H,1-2H2;. The van der Waals surface area contributed by atoms with Gasteiger partial charge in [-0.15, -0.1) is 0 Å². The van der Waals surface area contributed by atoms with Crippen LogP contribution in [0.2, 0.25) is 0 Å². The molecular formula is C3H6O2. The molecule has 0 unspecified atom stereocenters. The second-order valence-electron chi connectivity index (χ2n) is 0.447. The summed E-state index contributed by atoms with van der Waals surface area (Å²) in [6.07, 6.45) is 0. The second kappa shape index (κ2) is 9.07. The van der Waals surface area contributed by atoms with Crippen molar-refractivity contribution in [3.63, 3.8) is 0 Å². The van der Waals surface area contributed by atoms with Crippen molar-refractivity contribution < 1.29 is 10.2 Å². The van der Waals surface area contributed by atoms with Crippen molar-refractivity contribution in [2.75, 3.05) is 13.2 Å². The van der Waals surface area contributed by atoms with E-state index in [4.69, 9.17) is 10.2 Å². The van der Waals surface area contributed by atoms with Crippen molar-refractivity contribution in [3.05, 3.63) is 7.43 Å². The third kappa shape index (κ3) is 17.1. The summed E-state index contributed by atoms with van der Waals surface area (Å²) in [6, 6.07) is 0. The molecule has 0 rings (SSSR count). The molecule has 4 radical (unpaired) electrons. The van der Waals surface area contributed by atoms with Gasteiger partial charge in [0.25, 0.3) is 0 Å². The van der Waals surface area contributed by atoms with Crippen LogP contribution >= 0.6 is 0 Å². The van der Waals surface area contributed by atoms with Crippen LogP contribution in [0, 0.1) is 7.43 Å². The van der Waals surface area contributed by atoms with Crippen LogP contribution in [-0.2, 0) is 0 Å². The number of hydrogen-bond acceptors (Lipinski definition) is 2. The fourth-order valence-electron chi connectivity index (χ4n) is 0. The average molecular weight is 74.1 g/mol. The first-order valence-electron chi connectivity index (χ1n) is 1.13. The van der Waals surface area contributed by atoms with Gasteiger partial charge >= 0.3 is 0 Å². The summed E-state index contributed by atoms with van der Waals surface area (Å²) in [6.45, 7) is -0.250. The van der Waals surface area contributed by atoms with E-state index in [1.54, 1.807) is 0 Å². The van der Waals surface area contributed by atoms with E-state index in [0.717, 1.165) is 0 Å². The van der Waals surface area contributed by atoms with E-state index in [0.29, 0.717) is 0 Å². The Bertz CT molecular complexity index is 6.85. The average Bonchev–Trinajstić information content (AvgIpc) is 1.37. The van der Waals surface area contributed by atoms with Gasteiger partial charge < -0.3 is 10.2 Å². The van der Waals surface area contributed by atoms with Gasteiger partial charge in [-0.1, -0.05) is 0 Å². The lowest BCUT2D eigenvalue weighted by molar-refractivity contribution is 0.186. The largest absolute Gasteiger partial charge is 0.394 e. The van der Waals surface area contributed by atoms with E-state index in [1.807, 2.05) is 0 Å². The summed E-state index contributed by atoms with van der Waals surface area (Å²) >= 11 is 0. The maximum atomic E-state index is 7.62. The number of hydrogen-bond donors (Lipinski definition) is 2. The zero-order chi connectivity index (χ0) is 3.41. The van der Waals surface area contributed by atoms with Gasteiger partial charge in [-0.3, -0.25) is 0 Å². The van der Waals surface area contributed by atoms with E-state index in [1.165, 1.54) is 0 Å². The van der Waals surface area contributed by atoms with Crippen LogP contribution in [0.25, 0.3) is 0 Å². The van der Waals surface area contributed by atoms with Gasteiger partial charge in [-0.2, -0.15) is 0 Å². The highest BCUT2D eigenvalue weighted by Crippen LogP contribution is 1.39.